The van der Waals surface area contributed by atoms with Crippen LogP contribution in [0.1, 0.15) is 444 Å². The van der Waals surface area contributed by atoms with E-state index in [1.54, 1.807) is 0 Å². The Balaban J connectivity index is 3.33. The van der Waals surface area contributed by atoms with Crippen LogP contribution in [0.5, 0.6) is 0 Å². The molecule has 0 saturated carbocycles. The molecule has 6 nitrogen and oxygen atoms in total. The van der Waals surface area contributed by atoms with Crippen molar-refractivity contribution in [2.45, 2.75) is 456 Å². The van der Waals surface area contributed by atoms with Gasteiger partial charge in [-0.1, -0.05) is 406 Å². The van der Waals surface area contributed by atoms with Gasteiger partial charge in [-0.2, -0.15) is 0 Å². The molecule has 0 aliphatic heterocycles. The summed E-state index contributed by atoms with van der Waals surface area (Å²) in [5.41, 5.74) is 0. The van der Waals surface area contributed by atoms with E-state index in [2.05, 4.69) is 19.2 Å². The number of unbranched alkanes of at least 4 members (excludes halogenated alkanes) is 61. The number of hydrogen-bond donors (Lipinski definition) is 3. The summed E-state index contributed by atoms with van der Waals surface area (Å²) in [6.45, 7) is 5.01. The SMILES string of the molecule is CCCCCCCCCCCCCCCCCCCCCCCCCC(O)C(CO)NC(=O)CCCCCCCCCCCCCCCCCCCCCCCCCCCCCCCCOC(=O)CCCCCCCCCCCCC. The van der Waals surface area contributed by atoms with Gasteiger partial charge in [0.25, 0.3) is 0 Å². The number of nitrogens with one attached hydrogen (secondary N) is 1. The zero-order valence-corrected chi connectivity index (χ0v) is 55.6. The van der Waals surface area contributed by atoms with Crippen molar-refractivity contribution in [2.75, 3.05) is 13.2 Å². The van der Waals surface area contributed by atoms with Gasteiger partial charge in [0.1, 0.15) is 0 Å². The summed E-state index contributed by atoms with van der Waals surface area (Å²) >= 11 is 0. The normalized spacial score (nSPS) is 12.4. The molecule has 0 radical (unpaired) electrons. The van der Waals surface area contributed by atoms with Crippen molar-refractivity contribution in [1.29, 1.82) is 0 Å². The van der Waals surface area contributed by atoms with Crippen molar-refractivity contribution >= 4 is 11.9 Å². The lowest BCUT2D eigenvalue weighted by Gasteiger charge is -2.22. The number of amides is 1. The maximum absolute atomic E-state index is 12.6. The summed E-state index contributed by atoms with van der Waals surface area (Å²) in [6, 6.07) is -0.538. The Morgan fingerprint density at radius 3 is 0.753 bits per heavy atom. The van der Waals surface area contributed by atoms with E-state index in [0.717, 1.165) is 38.5 Å². The third-order valence-electron chi connectivity index (χ3n) is 18.2. The Bertz CT molecular complexity index is 1180. The van der Waals surface area contributed by atoms with E-state index in [0.29, 0.717) is 25.9 Å². The maximum atomic E-state index is 12.6. The standard InChI is InChI=1S/C75H149NO5/c1-3-5-7-9-11-13-15-16-17-18-19-20-29-32-35-38-41-44-48-51-55-59-63-67-73(78)72(71-77)76-74(79)68-64-60-56-52-49-45-42-39-36-33-30-27-25-23-21-22-24-26-28-31-34-37-40-43-46-50-54-58-62-66-70-81-75(80)69-65-61-57-53-47-14-12-10-8-6-4-2/h72-73,77-78H,3-71H2,1-2H3,(H,76,79). The Hall–Kier alpha value is -1.14. The van der Waals surface area contributed by atoms with E-state index in [1.165, 1.54) is 372 Å². The molecule has 6 heteroatoms. The van der Waals surface area contributed by atoms with E-state index >= 15 is 0 Å². The molecule has 0 aromatic rings. The van der Waals surface area contributed by atoms with E-state index in [4.69, 9.17) is 4.74 Å². The van der Waals surface area contributed by atoms with Gasteiger partial charge >= 0.3 is 5.97 Å². The minimum Gasteiger partial charge on any atom is -0.466 e. The van der Waals surface area contributed by atoms with E-state index in [9.17, 15) is 19.8 Å². The molecule has 2 atom stereocenters. The molecule has 0 fully saturated rings. The second-order valence-electron chi connectivity index (χ2n) is 26.4. The Morgan fingerprint density at radius 2 is 0.506 bits per heavy atom. The predicted molar refractivity (Wildman–Crippen MR) is 357 cm³/mol. The number of hydrogen-bond acceptors (Lipinski definition) is 5. The predicted octanol–water partition coefficient (Wildman–Crippen LogP) is 24.5. The second-order valence-corrected chi connectivity index (χ2v) is 26.4. The molecule has 2 unspecified atom stereocenters. The largest absolute Gasteiger partial charge is 0.466 e. The highest BCUT2D eigenvalue weighted by molar-refractivity contribution is 5.76. The van der Waals surface area contributed by atoms with Crippen molar-refractivity contribution in [1.82, 2.24) is 5.32 Å². The topological polar surface area (TPSA) is 95.9 Å². The second kappa shape index (κ2) is 71.3. The lowest BCUT2D eigenvalue weighted by Crippen LogP contribution is -2.45. The van der Waals surface area contributed by atoms with Crippen LogP contribution in [-0.2, 0) is 14.3 Å². The Kier molecular flexibility index (Phi) is 70.3. The maximum Gasteiger partial charge on any atom is 0.305 e. The van der Waals surface area contributed by atoms with Gasteiger partial charge in [0, 0.05) is 12.8 Å². The number of carbonyl (C=O) groups excluding carboxylic acids is 2. The van der Waals surface area contributed by atoms with Crippen molar-refractivity contribution in [2.24, 2.45) is 0 Å². The van der Waals surface area contributed by atoms with Crippen LogP contribution in [-0.4, -0.2) is 47.4 Å². The fourth-order valence-electron chi connectivity index (χ4n) is 12.4. The number of ether oxygens (including phenoxy) is 1. The molecule has 0 rings (SSSR count). The van der Waals surface area contributed by atoms with Crippen LogP contribution in [0.25, 0.3) is 0 Å². The summed E-state index contributed by atoms with van der Waals surface area (Å²) in [7, 11) is 0. The van der Waals surface area contributed by atoms with Gasteiger partial charge in [-0.3, -0.25) is 9.59 Å². The van der Waals surface area contributed by atoms with Crippen LogP contribution in [0, 0.1) is 0 Å². The molecule has 1 amide bonds. The Morgan fingerprint density at radius 1 is 0.296 bits per heavy atom. The zero-order chi connectivity index (χ0) is 58.5. The highest BCUT2D eigenvalue weighted by atomic mass is 16.5. The first-order valence-corrected chi connectivity index (χ1v) is 37.8. The number of esters is 1. The molecule has 484 valence electrons. The average Bonchev–Trinajstić information content (AvgIpc) is 3.47. The molecule has 0 aromatic carbocycles. The molecule has 0 aliphatic carbocycles. The molecule has 0 heterocycles. The zero-order valence-electron chi connectivity index (χ0n) is 55.6. The van der Waals surface area contributed by atoms with Gasteiger partial charge < -0.3 is 20.3 Å². The van der Waals surface area contributed by atoms with Crippen molar-refractivity contribution in [3.63, 3.8) is 0 Å². The first-order valence-electron chi connectivity index (χ1n) is 37.8. The molecule has 0 aromatic heterocycles. The van der Waals surface area contributed by atoms with Crippen molar-refractivity contribution in [3.8, 4) is 0 Å². The van der Waals surface area contributed by atoms with Crippen LogP contribution in [0.4, 0.5) is 0 Å². The summed E-state index contributed by atoms with van der Waals surface area (Å²) < 4.78 is 5.48. The highest BCUT2D eigenvalue weighted by Gasteiger charge is 2.20. The van der Waals surface area contributed by atoms with Crippen LogP contribution >= 0.6 is 0 Å². The van der Waals surface area contributed by atoms with Crippen LogP contribution < -0.4 is 5.32 Å². The molecular weight excluding hydrogens is 995 g/mol. The van der Waals surface area contributed by atoms with Gasteiger partial charge in [0.2, 0.25) is 5.91 Å². The first kappa shape index (κ1) is 79.9. The molecular formula is C75H149NO5. The summed E-state index contributed by atoms with van der Waals surface area (Å²) in [4.78, 5) is 24.6. The third kappa shape index (κ3) is 67.9. The number of rotatable bonds is 72. The van der Waals surface area contributed by atoms with Gasteiger partial charge in [-0.05, 0) is 25.7 Å². The minimum atomic E-state index is -0.662. The van der Waals surface area contributed by atoms with Gasteiger partial charge in [-0.15, -0.1) is 0 Å². The molecule has 0 saturated heterocycles. The summed E-state index contributed by atoms with van der Waals surface area (Å²) in [5.74, 6) is -0.00373. The summed E-state index contributed by atoms with van der Waals surface area (Å²) in [5, 5.41) is 23.5. The van der Waals surface area contributed by atoms with E-state index < -0.39 is 12.1 Å². The quantitative estimate of drug-likeness (QED) is 0.0417. The van der Waals surface area contributed by atoms with E-state index in [-0.39, 0.29) is 18.5 Å². The smallest absolute Gasteiger partial charge is 0.305 e. The van der Waals surface area contributed by atoms with Crippen LogP contribution in [0.15, 0.2) is 0 Å². The average molecular weight is 1150 g/mol. The van der Waals surface area contributed by atoms with Crippen LogP contribution in [0.2, 0.25) is 0 Å². The Labute approximate surface area is 508 Å². The van der Waals surface area contributed by atoms with Gasteiger partial charge in [0.05, 0.1) is 25.4 Å². The molecule has 0 spiro atoms. The van der Waals surface area contributed by atoms with Crippen molar-refractivity contribution in [3.05, 3.63) is 0 Å². The number of carbonyl (C=O) groups is 2. The fourth-order valence-corrected chi connectivity index (χ4v) is 12.4. The summed E-state index contributed by atoms with van der Waals surface area (Å²) in [6.07, 6.45) is 87.5. The molecule has 0 bridgehead atoms. The number of aliphatic hydroxyl groups excluding tert-OH is 2. The molecule has 81 heavy (non-hydrogen) atoms. The monoisotopic (exact) mass is 1140 g/mol. The van der Waals surface area contributed by atoms with Gasteiger partial charge in [-0.25, -0.2) is 0 Å². The van der Waals surface area contributed by atoms with Crippen LogP contribution in [0.3, 0.4) is 0 Å². The lowest BCUT2D eigenvalue weighted by molar-refractivity contribution is -0.143. The fraction of sp³-hybridized carbons (Fsp3) is 0.973. The highest BCUT2D eigenvalue weighted by Crippen LogP contribution is 2.20. The van der Waals surface area contributed by atoms with E-state index in [1.807, 2.05) is 0 Å². The molecule has 0 aliphatic rings. The van der Waals surface area contributed by atoms with Gasteiger partial charge in [0.15, 0.2) is 0 Å². The number of aliphatic hydroxyl groups is 2. The van der Waals surface area contributed by atoms with Crippen molar-refractivity contribution < 1.29 is 24.5 Å². The molecule has 3 N–H and O–H groups in total. The third-order valence-corrected chi connectivity index (χ3v) is 18.2. The first-order chi connectivity index (χ1) is 40.0. The lowest BCUT2D eigenvalue weighted by atomic mass is 10.0. The minimum absolute atomic E-state index is 0.0212.